The summed E-state index contributed by atoms with van der Waals surface area (Å²) in [7, 11) is 0. The van der Waals surface area contributed by atoms with Crippen molar-refractivity contribution in [1.29, 1.82) is 0 Å². The van der Waals surface area contributed by atoms with E-state index in [1.54, 1.807) is 0 Å². The number of nitrogens with one attached hydrogen (secondary N) is 1. The molecule has 9 heteroatoms. The molecule has 1 N–H and O–H groups in total. The first kappa shape index (κ1) is 67.5. The van der Waals surface area contributed by atoms with Crippen molar-refractivity contribution in [3.05, 3.63) is 430 Å². The van der Waals surface area contributed by atoms with Gasteiger partial charge in [0.15, 0.2) is 0 Å². The number of para-hydroxylation sites is 13. The number of nitrogens with zero attached hydrogens (tertiary/aromatic N) is 5. The molecule has 22 rings (SSSR count). The zero-order valence-corrected chi connectivity index (χ0v) is 62.1. The molecule has 0 saturated heterocycles. The van der Waals surface area contributed by atoms with Gasteiger partial charge in [0.1, 0.15) is 22.3 Å². The van der Waals surface area contributed by atoms with Crippen molar-refractivity contribution < 1.29 is 8.83 Å². The first-order valence-corrected chi connectivity index (χ1v) is 38.4. The monoisotopic (exact) mass is 1470 g/mol. The van der Waals surface area contributed by atoms with Crippen LogP contribution in [0, 0.1) is 0 Å². The van der Waals surface area contributed by atoms with E-state index in [-0.39, 0.29) is 0 Å². The first-order chi connectivity index (χ1) is 56.0. The Balaban J connectivity index is 0.000000122. The topological polar surface area (TPSA) is 57.9 Å². The van der Waals surface area contributed by atoms with Gasteiger partial charge in [-0.05, 0) is 204 Å². The van der Waals surface area contributed by atoms with Gasteiger partial charge >= 0.3 is 0 Å². The van der Waals surface area contributed by atoms with E-state index in [0.717, 1.165) is 123 Å². The molecule has 0 aliphatic heterocycles. The lowest BCUT2D eigenvalue weighted by Gasteiger charge is -2.33. The average Bonchev–Trinajstić information content (AvgIpc) is 1.62. The van der Waals surface area contributed by atoms with Crippen LogP contribution in [-0.4, -0.2) is 9.13 Å². The highest BCUT2D eigenvalue weighted by atomic mass is 35.5. The van der Waals surface area contributed by atoms with Crippen LogP contribution in [0.5, 0.6) is 0 Å². The van der Waals surface area contributed by atoms with Crippen LogP contribution in [0.4, 0.5) is 62.6 Å². The number of rotatable bonds is 13. The molecule has 8 nitrogen and oxygen atoms in total. The van der Waals surface area contributed by atoms with Crippen molar-refractivity contribution in [1.82, 2.24) is 9.13 Å². The van der Waals surface area contributed by atoms with Gasteiger partial charge in [0.25, 0.3) is 0 Å². The molecule has 0 radical (unpaired) electrons. The summed E-state index contributed by atoms with van der Waals surface area (Å²) in [5, 5.41) is 18.5. The van der Waals surface area contributed by atoms with Crippen molar-refractivity contribution in [3.63, 3.8) is 0 Å². The summed E-state index contributed by atoms with van der Waals surface area (Å²) in [6.07, 6.45) is 0. The SMILES string of the molecule is Clc1ccccc1N(c1ccccc1)c1ccc2c3ccccc3n(-c3ccccc3)c2c1.c1ccc(N(c2ccc3c(ccc4oc5ccccc5c43)c2)c2ccccc2N(c2ccccc2)c2ccc3c4ccccc4n(-c4ccccc4)c3c2)cc1.c1ccc(Nc2ccc3c(ccc4oc5ccccc5c43)c2)cc1. The van der Waals surface area contributed by atoms with Crippen LogP contribution in [0.2, 0.25) is 5.02 Å². The lowest BCUT2D eigenvalue weighted by atomic mass is 10.0. The van der Waals surface area contributed by atoms with Crippen LogP contribution in [-0.2, 0) is 0 Å². The van der Waals surface area contributed by atoms with Gasteiger partial charge in [-0.15, -0.1) is 0 Å². The minimum atomic E-state index is 0.713. The maximum atomic E-state index is 6.68. The predicted molar refractivity (Wildman–Crippen MR) is 476 cm³/mol. The van der Waals surface area contributed by atoms with Crippen molar-refractivity contribution in [2.75, 3.05) is 20.0 Å². The molecule has 113 heavy (non-hydrogen) atoms. The third kappa shape index (κ3) is 12.5. The largest absolute Gasteiger partial charge is 0.456 e. The summed E-state index contributed by atoms with van der Waals surface area (Å²) in [6.45, 7) is 0. The molecule has 4 heterocycles. The van der Waals surface area contributed by atoms with E-state index in [2.05, 4.69) is 387 Å². The molecule has 0 aliphatic carbocycles. The van der Waals surface area contributed by atoms with E-state index in [0.29, 0.717) is 5.02 Å². The van der Waals surface area contributed by atoms with Gasteiger partial charge < -0.3 is 38.0 Å². The number of hydrogen-bond donors (Lipinski definition) is 1. The predicted octanol–water partition coefficient (Wildman–Crippen LogP) is 30.2. The molecule has 0 fully saturated rings. The van der Waals surface area contributed by atoms with Crippen LogP contribution < -0.4 is 20.0 Å². The van der Waals surface area contributed by atoms with Gasteiger partial charge in [-0.3, -0.25) is 0 Å². The number of fused-ring (bicyclic) bond motifs is 16. The molecule has 0 amide bonds. The minimum absolute atomic E-state index is 0.713. The second kappa shape index (κ2) is 29.3. The summed E-state index contributed by atoms with van der Waals surface area (Å²) < 4.78 is 17.0. The Morgan fingerprint density at radius 2 is 0.566 bits per heavy atom. The van der Waals surface area contributed by atoms with E-state index in [1.165, 1.54) is 59.5 Å². The van der Waals surface area contributed by atoms with Crippen LogP contribution in [0.15, 0.2) is 433 Å². The summed E-state index contributed by atoms with van der Waals surface area (Å²) in [4.78, 5) is 6.98. The smallest absolute Gasteiger partial charge is 0.136 e. The lowest BCUT2D eigenvalue weighted by Crippen LogP contribution is -2.17. The van der Waals surface area contributed by atoms with Crippen LogP contribution in [0.1, 0.15) is 0 Å². The second-order valence-corrected chi connectivity index (χ2v) is 28.5. The minimum Gasteiger partial charge on any atom is -0.456 e. The quantitative estimate of drug-likeness (QED) is 0.124. The van der Waals surface area contributed by atoms with Crippen LogP contribution in [0.25, 0.3) is 120 Å². The van der Waals surface area contributed by atoms with E-state index in [9.17, 15) is 0 Å². The molecular weight excluding hydrogens is 1400 g/mol. The normalized spacial score (nSPS) is 11.4. The van der Waals surface area contributed by atoms with E-state index >= 15 is 0 Å². The summed E-state index contributed by atoms with van der Waals surface area (Å²) >= 11 is 6.68. The Hall–Kier alpha value is -14.8. The zero-order valence-electron chi connectivity index (χ0n) is 61.3. The Morgan fingerprint density at radius 1 is 0.221 bits per heavy atom. The molecule has 0 atom stereocenters. The average molecular weight is 1470 g/mol. The Bertz CT molecular complexity index is 7250. The molecule has 22 aromatic rings. The van der Waals surface area contributed by atoms with E-state index in [4.69, 9.17) is 20.4 Å². The van der Waals surface area contributed by atoms with Gasteiger partial charge in [-0.2, -0.15) is 0 Å². The maximum absolute atomic E-state index is 6.68. The Morgan fingerprint density at radius 3 is 1.04 bits per heavy atom. The molecular formula is C104H71ClN6O2. The fraction of sp³-hybridized carbons (Fsp3) is 0. The number of halogens is 1. The number of hydrogen-bond acceptors (Lipinski definition) is 6. The molecule has 0 aliphatic rings. The Kier molecular flexibility index (Phi) is 17.5. The van der Waals surface area contributed by atoms with Crippen molar-refractivity contribution >= 4 is 183 Å². The van der Waals surface area contributed by atoms with Gasteiger partial charge in [0.05, 0.1) is 44.2 Å². The summed E-state index contributed by atoms with van der Waals surface area (Å²) in [6, 6.07) is 149. The lowest BCUT2D eigenvalue weighted by molar-refractivity contribution is 0.669. The molecule has 0 bridgehead atoms. The molecule has 536 valence electrons. The number of aromatic nitrogens is 2. The number of furan rings is 2. The van der Waals surface area contributed by atoms with Crippen molar-refractivity contribution in [3.8, 4) is 11.4 Å². The number of anilines is 11. The summed E-state index contributed by atoms with van der Waals surface area (Å²) in [5.74, 6) is 0. The molecule has 18 aromatic carbocycles. The van der Waals surface area contributed by atoms with Crippen molar-refractivity contribution in [2.24, 2.45) is 0 Å². The van der Waals surface area contributed by atoms with Crippen LogP contribution in [0.3, 0.4) is 0 Å². The zero-order chi connectivity index (χ0) is 75.1. The highest BCUT2D eigenvalue weighted by molar-refractivity contribution is 6.33. The van der Waals surface area contributed by atoms with Crippen LogP contribution >= 0.6 is 11.6 Å². The summed E-state index contributed by atoms with van der Waals surface area (Å²) in [5.41, 5.74) is 22.3. The van der Waals surface area contributed by atoms with Gasteiger partial charge in [-0.25, -0.2) is 0 Å². The third-order valence-corrected chi connectivity index (χ3v) is 21.7. The number of benzene rings is 18. The van der Waals surface area contributed by atoms with Gasteiger partial charge in [0, 0.05) is 100.0 Å². The van der Waals surface area contributed by atoms with E-state index in [1.807, 2.05) is 66.7 Å². The van der Waals surface area contributed by atoms with E-state index < -0.39 is 0 Å². The third-order valence-electron chi connectivity index (χ3n) is 21.4. The molecule has 0 spiro atoms. The molecule has 0 saturated carbocycles. The maximum Gasteiger partial charge on any atom is 0.136 e. The fourth-order valence-corrected chi connectivity index (χ4v) is 16.6. The van der Waals surface area contributed by atoms with Gasteiger partial charge in [-0.1, -0.05) is 254 Å². The van der Waals surface area contributed by atoms with Gasteiger partial charge in [0.2, 0.25) is 0 Å². The second-order valence-electron chi connectivity index (χ2n) is 28.1. The Labute approximate surface area is 657 Å². The highest BCUT2D eigenvalue weighted by Gasteiger charge is 2.26. The first-order valence-electron chi connectivity index (χ1n) is 38.1. The fourth-order valence-electron chi connectivity index (χ4n) is 16.4. The standard InChI is InChI=1S/C52H35N3O.C30H21ClN2.C22H15NO/c1-4-16-37(17-5-1)53(40-29-31-42-36(34-40)28-33-51-52(42)45-23-11-15-27-50(45)56-51)47-25-13-14-26-48(47)54(38-18-6-2-7-19-38)41-30-32-44-43-22-10-12-24-46(43)55(49(44)35-41)39-20-8-3-9-21-39;31-27-16-8-10-18-29(27)32(22-11-3-1-4-12-22)24-19-20-26-25-15-7-9-17-28(25)33(30(26)21-24)23-13-5-2-6-14-23;1-2-6-16(7-3-1)23-17-11-12-18-15(14-17)10-13-21-22(18)19-8-4-5-9-20(19)24-21/h1-35H;1-21H;1-14,23H. The molecule has 0 unspecified atom stereocenters. The molecule has 4 aromatic heterocycles. The van der Waals surface area contributed by atoms with Crippen molar-refractivity contribution in [2.45, 2.75) is 0 Å². The highest BCUT2D eigenvalue weighted by Crippen LogP contribution is 2.49.